The van der Waals surface area contributed by atoms with Gasteiger partial charge in [0.25, 0.3) is 11.2 Å². The predicted molar refractivity (Wildman–Crippen MR) is 156 cm³/mol. The van der Waals surface area contributed by atoms with E-state index in [1.165, 1.54) is 17.4 Å². The molecule has 0 bridgehead atoms. The number of halogens is 2. The standard InChI is InChI=1S/C30H21Cl2N3O3S/c31-22-12-8-18(9-13-22)16-21-5-3-6-24-27(21)33-30-34(28(24)19-10-14-23(32)15-11-19)29(36)26(39-30)17-20-4-1-2-7-25(20)35(37)38/h1-2,4,7-17,28H,3,5-6H2/b21-16+,26-17-. The highest BCUT2D eigenvalue weighted by atomic mass is 35.5. The highest BCUT2D eigenvalue weighted by molar-refractivity contribution is 7.07. The van der Waals surface area contributed by atoms with Crippen LogP contribution in [0.1, 0.15) is 42.0 Å². The number of allylic oxidation sites excluding steroid dienone is 2. The third-order valence-corrected chi connectivity index (χ3v) is 8.44. The van der Waals surface area contributed by atoms with Crippen LogP contribution >= 0.6 is 34.5 Å². The number of nitro groups is 1. The Bertz CT molecular complexity index is 1850. The van der Waals surface area contributed by atoms with Crippen molar-refractivity contribution < 1.29 is 4.92 Å². The van der Waals surface area contributed by atoms with Crippen molar-refractivity contribution in [2.45, 2.75) is 25.3 Å². The number of nitrogens with zero attached hydrogens (tertiary/aromatic N) is 3. The number of aromatic nitrogens is 1. The van der Waals surface area contributed by atoms with Gasteiger partial charge in [0.15, 0.2) is 4.80 Å². The Kier molecular flexibility index (Phi) is 6.81. The van der Waals surface area contributed by atoms with Gasteiger partial charge in [-0.25, -0.2) is 4.99 Å². The normalized spacial score (nSPS) is 18.1. The summed E-state index contributed by atoms with van der Waals surface area (Å²) in [6, 6.07) is 21.3. The minimum absolute atomic E-state index is 0.0509. The summed E-state index contributed by atoms with van der Waals surface area (Å²) in [4.78, 5) is 30.6. The number of para-hydroxylation sites is 1. The zero-order chi connectivity index (χ0) is 27.1. The number of nitro benzene ring substituents is 1. The van der Waals surface area contributed by atoms with Gasteiger partial charge in [-0.3, -0.25) is 19.5 Å². The van der Waals surface area contributed by atoms with Gasteiger partial charge in [0, 0.05) is 16.1 Å². The number of thiazole rings is 1. The van der Waals surface area contributed by atoms with Crippen LogP contribution in [-0.4, -0.2) is 9.49 Å². The molecule has 1 aliphatic heterocycles. The fourth-order valence-electron chi connectivity index (χ4n) is 5.18. The Morgan fingerprint density at radius 3 is 2.36 bits per heavy atom. The van der Waals surface area contributed by atoms with Crippen LogP contribution in [0.4, 0.5) is 5.69 Å². The van der Waals surface area contributed by atoms with Crippen LogP contribution in [0.25, 0.3) is 12.2 Å². The largest absolute Gasteiger partial charge is 0.276 e. The van der Waals surface area contributed by atoms with E-state index in [0.717, 1.165) is 47.2 Å². The summed E-state index contributed by atoms with van der Waals surface area (Å²) in [7, 11) is 0. The molecule has 1 aromatic heterocycles. The highest BCUT2D eigenvalue weighted by Crippen LogP contribution is 2.41. The molecule has 9 heteroatoms. The summed E-state index contributed by atoms with van der Waals surface area (Å²) in [6.07, 6.45) is 6.32. The molecule has 6 nitrogen and oxygen atoms in total. The molecule has 0 spiro atoms. The molecule has 0 saturated heterocycles. The van der Waals surface area contributed by atoms with Gasteiger partial charge in [0.1, 0.15) is 0 Å². The Morgan fingerprint density at radius 2 is 1.64 bits per heavy atom. The van der Waals surface area contributed by atoms with Gasteiger partial charge in [-0.05, 0) is 84.0 Å². The summed E-state index contributed by atoms with van der Waals surface area (Å²) in [5.41, 5.74) is 5.15. The summed E-state index contributed by atoms with van der Waals surface area (Å²) in [5.74, 6) is 0. The van der Waals surface area contributed by atoms with E-state index in [0.29, 0.717) is 24.9 Å². The molecule has 1 aliphatic carbocycles. The van der Waals surface area contributed by atoms with E-state index < -0.39 is 4.92 Å². The molecule has 2 aliphatic rings. The fraction of sp³-hybridized carbons (Fsp3) is 0.133. The molecule has 194 valence electrons. The van der Waals surface area contributed by atoms with Crippen LogP contribution in [0, 0.1) is 10.1 Å². The molecule has 0 saturated carbocycles. The monoisotopic (exact) mass is 573 g/mol. The zero-order valence-electron chi connectivity index (χ0n) is 20.5. The highest BCUT2D eigenvalue weighted by Gasteiger charge is 2.32. The second kappa shape index (κ2) is 10.4. The summed E-state index contributed by atoms with van der Waals surface area (Å²) < 4.78 is 2.11. The smallest absolute Gasteiger partial charge is 0.272 e. The number of hydrogen-bond donors (Lipinski definition) is 0. The van der Waals surface area contributed by atoms with Gasteiger partial charge in [-0.15, -0.1) is 0 Å². The molecule has 1 atom stereocenters. The van der Waals surface area contributed by atoms with Gasteiger partial charge >= 0.3 is 0 Å². The van der Waals surface area contributed by atoms with Gasteiger partial charge in [0.2, 0.25) is 0 Å². The van der Waals surface area contributed by atoms with Gasteiger partial charge in [-0.2, -0.15) is 0 Å². The third-order valence-electron chi connectivity index (χ3n) is 6.95. The first-order chi connectivity index (χ1) is 18.9. The Morgan fingerprint density at radius 1 is 0.949 bits per heavy atom. The third kappa shape index (κ3) is 4.89. The average Bonchev–Trinajstić information content (AvgIpc) is 3.24. The molecule has 4 aromatic rings. The van der Waals surface area contributed by atoms with Crippen molar-refractivity contribution in [1.82, 2.24) is 4.57 Å². The summed E-state index contributed by atoms with van der Waals surface area (Å²) in [5, 5.41) is 12.9. The second-order valence-electron chi connectivity index (χ2n) is 9.40. The van der Waals surface area contributed by atoms with E-state index in [-0.39, 0.29) is 17.3 Å². The molecule has 0 amide bonds. The number of rotatable bonds is 4. The van der Waals surface area contributed by atoms with E-state index in [1.807, 2.05) is 48.5 Å². The lowest BCUT2D eigenvalue weighted by Gasteiger charge is -2.31. The quantitative estimate of drug-likeness (QED) is 0.201. The van der Waals surface area contributed by atoms with Crippen molar-refractivity contribution in [3.8, 4) is 0 Å². The van der Waals surface area contributed by atoms with Crippen molar-refractivity contribution in [2.24, 2.45) is 4.99 Å². The van der Waals surface area contributed by atoms with Gasteiger partial charge in [0.05, 0.1) is 26.8 Å². The van der Waals surface area contributed by atoms with Crippen LogP contribution in [0.3, 0.4) is 0 Å². The molecule has 0 radical (unpaired) electrons. The molecule has 0 fully saturated rings. The SMILES string of the molecule is O=c1/c(=C/c2ccccc2[N+](=O)[O-])sc2n1C(c1ccc(Cl)cc1)C1=C(N=2)/C(=C/c2ccc(Cl)cc2)CCC1. The van der Waals surface area contributed by atoms with Crippen molar-refractivity contribution in [2.75, 3.05) is 0 Å². The van der Waals surface area contributed by atoms with E-state index in [2.05, 4.69) is 6.08 Å². The molecule has 39 heavy (non-hydrogen) atoms. The van der Waals surface area contributed by atoms with Crippen LogP contribution in [0.2, 0.25) is 10.0 Å². The second-order valence-corrected chi connectivity index (χ2v) is 11.3. The first-order valence-electron chi connectivity index (χ1n) is 12.4. The molecular weight excluding hydrogens is 553 g/mol. The van der Waals surface area contributed by atoms with Crippen LogP contribution in [0.5, 0.6) is 0 Å². The topological polar surface area (TPSA) is 77.5 Å². The maximum atomic E-state index is 13.9. The van der Waals surface area contributed by atoms with E-state index in [4.69, 9.17) is 28.2 Å². The lowest BCUT2D eigenvalue weighted by atomic mass is 9.84. The molecule has 6 rings (SSSR count). The molecule has 2 heterocycles. The number of fused-ring (bicyclic) bond motifs is 1. The fourth-order valence-corrected chi connectivity index (χ4v) is 6.42. The van der Waals surface area contributed by atoms with Crippen LogP contribution in [0.15, 0.2) is 99.4 Å². The van der Waals surface area contributed by atoms with Crippen molar-refractivity contribution in [3.05, 3.63) is 146 Å². The maximum Gasteiger partial charge on any atom is 0.276 e. The zero-order valence-corrected chi connectivity index (χ0v) is 22.8. The minimum Gasteiger partial charge on any atom is -0.272 e. The molecule has 1 unspecified atom stereocenters. The molecular formula is C30H21Cl2N3O3S. The predicted octanol–water partition coefficient (Wildman–Crippen LogP) is 6.70. The Balaban J connectivity index is 1.58. The van der Waals surface area contributed by atoms with Gasteiger partial charge in [-0.1, -0.05) is 70.9 Å². The number of benzene rings is 3. The molecule has 0 N–H and O–H groups in total. The van der Waals surface area contributed by atoms with Crippen LogP contribution < -0.4 is 14.9 Å². The molecule has 3 aromatic carbocycles. The Hall–Kier alpha value is -3.78. The van der Waals surface area contributed by atoms with Crippen molar-refractivity contribution in [1.29, 1.82) is 0 Å². The van der Waals surface area contributed by atoms with E-state index >= 15 is 0 Å². The van der Waals surface area contributed by atoms with Crippen molar-refractivity contribution >= 4 is 52.4 Å². The lowest BCUT2D eigenvalue weighted by molar-refractivity contribution is -0.385. The summed E-state index contributed by atoms with van der Waals surface area (Å²) in [6.45, 7) is 0. The minimum atomic E-state index is -0.439. The van der Waals surface area contributed by atoms with E-state index in [1.54, 1.807) is 28.8 Å². The van der Waals surface area contributed by atoms with Crippen molar-refractivity contribution in [3.63, 3.8) is 0 Å². The maximum absolute atomic E-state index is 13.9. The Labute approximate surface area is 237 Å². The first-order valence-corrected chi connectivity index (χ1v) is 14.0. The lowest BCUT2D eigenvalue weighted by Crippen LogP contribution is -2.39. The summed E-state index contributed by atoms with van der Waals surface area (Å²) >= 11 is 13.5. The first kappa shape index (κ1) is 25.5. The number of hydrogen-bond acceptors (Lipinski definition) is 5. The average molecular weight is 574 g/mol. The van der Waals surface area contributed by atoms with Crippen LogP contribution in [-0.2, 0) is 0 Å². The van der Waals surface area contributed by atoms with E-state index in [9.17, 15) is 14.9 Å². The van der Waals surface area contributed by atoms with Gasteiger partial charge < -0.3 is 0 Å².